The third-order valence-corrected chi connectivity index (χ3v) is 2.70. The van der Waals surface area contributed by atoms with E-state index in [1.165, 1.54) is 24.3 Å². The van der Waals surface area contributed by atoms with Gasteiger partial charge in [-0.25, -0.2) is 4.39 Å². The smallest absolute Gasteiger partial charge is 0.259 e. The molecule has 0 aliphatic rings. The number of aryl methyl sites for hydroxylation is 2. The van der Waals surface area contributed by atoms with Crippen LogP contribution in [0, 0.1) is 19.7 Å². The Morgan fingerprint density at radius 3 is 2.47 bits per heavy atom. The molecule has 0 spiro atoms. The van der Waals surface area contributed by atoms with Crippen LogP contribution in [0.5, 0.6) is 5.75 Å². The fourth-order valence-electron chi connectivity index (χ4n) is 1.84. The fourth-order valence-corrected chi connectivity index (χ4v) is 1.84. The number of hydrogen-bond donors (Lipinski definition) is 2. The molecule has 0 fully saturated rings. The minimum absolute atomic E-state index is 0.0920. The van der Waals surface area contributed by atoms with E-state index in [1.807, 2.05) is 6.92 Å². The second-order valence-electron chi connectivity index (χ2n) is 4.49. The number of phenols is 1. The lowest BCUT2D eigenvalue weighted by molar-refractivity contribution is 0.102. The third kappa shape index (κ3) is 3.10. The topological polar surface area (TPSA) is 49.3 Å². The van der Waals surface area contributed by atoms with Gasteiger partial charge in [0, 0.05) is 5.69 Å². The summed E-state index contributed by atoms with van der Waals surface area (Å²) in [6.45, 7) is 3.55. The molecular weight excluding hydrogens is 245 g/mol. The number of amides is 1. The van der Waals surface area contributed by atoms with Crippen molar-refractivity contribution < 1.29 is 14.3 Å². The number of rotatable bonds is 2. The molecule has 0 saturated carbocycles. The second kappa shape index (κ2) is 5.10. The molecule has 0 aromatic heterocycles. The van der Waals surface area contributed by atoms with Crippen LogP contribution in [-0.4, -0.2) is 11.0 Å². The van der Waals surface area contributed by atoms with Crippen LogP contribution in [0.2, 0.25) is 0 Å². The van der Waals surface area contributed by atoms with E-state index in [-0.39, 0.29) is 11.3 Å². The normalized spacial score (nSPS) is 10.3. The van der Waals surface area contributed by atoms with Gasteiger partial charge in [-0.3, -0.25) is 4.79 Å². The van der Waals surface area contributed by atoms with Crippen molar-refractivity contribution in [3.05, 3.63) is 58.9 Å². The molecule has 19 heavy (non-hydrogen) atoms. The Bertz CT molecular complexity index is 618. The fraction of sp³-hybridized carbons (Fsp3) is 0.133. The zero-order valence-electron chi connectivity index (χ0n) is 10.7. The van der Waals surface area contributed by atoms with Gasteiger partial charge in [0.05, 0.1) is 5.56 Å². The molecule has 0 unspecified atom stereocenters. The quantitative estimate of drug-likeness (QED) is 0.868. The van der Waals surface area contributed by atoms with Crippen LogP contribution < -0.4 is 5.32 Å². The highest BCUT2D eigenvalue weighted by Gasteiger charge is 2.11. The highest BCUT2D eigenvalue weighted by atomic mass is 19.1. The number of carbonyl (C=O) groups excluding carboxylic acids is 1. The van der Waals surface area contributed by atoms with Crippen molar-refractivity contribution in [1.29, 1.82) is 0 Å². The van der Waals surface area contributed by atoms with E-state index in [2.05, 4.69) is 5.32 Å². The number of benzene rings is 2. The van der Waals surface area contributed by atoms with Crippen molar-refractivity contribution in [3.63, 3.8) is 0 Å². The van der Waals surface area contributed by atoms with Crippen LogP contribution >= 0.6 is 0 Å². The Labute approximate surface area is 110 Å². The lowest BCUT2D eigenvalue weighted by Gasteiger charge is -2.08. The molecule has 2 N–H and O–H groups in total. The number of hydrogen-bond acceptors (Lipinski definition) is 2. The summed E-state index contributed by atoms with van der Waals surface area (Å²) in [6.07, 6.45) is 0. The van der Waals surface area contributed by atoms with Gasteiger partial charge in [0.2, 0.25) is 0 Å². The molecule has 0 saturated heterocycles. The van der Waals surface area contributed by atoms with Gasteiger partial charge in [0.25, 0.3) is 5.91 Å². The van der Waals surface area contributed by atoms with E-state index in [0.29, 0.717) is 11.3 Å². The molecule has 1 amide bonds. The first kappa shape index (κ1) is 13.1. The van der Waals surface area contributed by atoms with Gasteiger partial charge >= 0.3 is 0 Å². The molecule has 0 bridgehead atoms. The Hall–Kier alpha value is -2.36. The molecule has 0 heterocycles. The van der Waals surface area contributed by atoms with Crippen molar-refractivity contribution in [2.45, 2.75) is 13.8 Å². The Morgan fingerprint density at radius 2 is 1.84 bits per heavy atom. The number of aromatic hydroxyl groups is 1. The molecule has 98 valence electrons. The SMILES string of the molecule is Cc1cc(F)cc(NC(=O)c2ccc(C)cc2O)c1. The summed E-state index contributed by atoms with van der Waals surface area (Å²) in [5.74, 6) is -0.975. The van der Waals surface area contributed by atoms with E-state index in [9.17, 15) is 14.3 Å². The Morgan fingerprint density at radius 1 is 1.11 bits per heavy atom. The number of phenolic OH excluding ortho intramolecular Hbond substituents is 1. The standard InChI is InChI=1S/C15H14FNO2/c1-9-3-4-13(14(18)7-9)15(19)17-12-6-10(2)5-11(16)8-12/h3-8,18H,1-2H3,(H,17,19). The summed E-state index contributed by atoms with van der Waals surface area (Å²) in [5, 5.41) is 12.3. The predicted octanol–water partition coefficient (Wildman–Crippen LogP) is 3.40. The van der Waals surface area contributed by atoms with Crippen LogP contribution in [0.1, 0.15) is 21.5 Å². The summed E-state index contributed by atoms with van der Waals surface area (Å²) in [4.78, 5) is 12.0. The molecule has 2 aromatic rings. The number of carbonyl (C=O) groups is 1. The van der Waals surface area contributed by atoms with E-state index < -0.39 is 11.7 Å². The first-order valence-electron chi connectivity index (χ1n) is 5.84. The maximum Gasteiger partial charge on any atom is 0.259 e. The zero-order chi connectivity index (χ0) is 14.0. The van der Waals surface area contributed by atoms with Gasteiger partial charge in [-0.15, -0.1) is 0 Å². The molecule has 0 aliphatic heterocycles. The van der Waals surface area contributed by atoms with Crippen LogP contribution in [0.4, 0.5) is 10.1 Å². The number of halogens is 1. The maximum absolute atomic E-state index is 13.2. The van der Waals surface area contributed by atoms with Gasteiger partial charge in [0.1, 0.15) is 11.6 Å². The van der Waals surface area contributed by atoms with Crippen LogP contribution in [-0.2, 0) is 0 Å². The van der Waals surface area contributed by atoms with Gasteiger partial charge in [-0.2, -0.15) is 0 Å². The third-order valence-electron chi connectivity index (χ3n) is 2.70. The molecule has 0 aliphatic carbocycles. The Kier molecular flexibility index (Phi) is 3.51. The van der Waals surface area contributed by atoms with E-state index in [0.717, 1.165) is 5.56 Å². The van der Waals surface area contributed by atoms with Crippen molar-refractivity contribution in [3.8, 4) is 5.75 Å². The van der Waals surface area contributed by atoms with Gasteiger partial charge < -0.3 is 10.4 Å². The van der Waals surface area contributed by atoms with Gasteiger partial charge in [-0.05, 0) is 55.3 Å². The van der Waals surface area contributed by atoms with E-state index in [1.54, 1.807) is 19.1 Å². The van der Waals surface area contributed by atoms with Crippen LogP contribution in [0.15, 0.2) is 36.4 Å². The maximum atomic E-state index is 13.2. The molecule has 0 radical (unpaired) electrons. The second-order valence-corrected chi connectivity index (χ2v) is 4.49. The highest BCUT2D eigenvalue weighted by molar-refractivity contribution is 6.06. The first-order chi connectivity index (χ1) is 8.95. The van der Waals surface area contributed by atoms with Crippen molar-refractivity contribution in [2.24, 2.45) is 0 Å². The van der Waals surface area contributed by atoms with Gasteiger partial charge in [-0.1, -0.05) is 6.07 Å². The average molecular weight is 259 g/mol. The van der Waals surface area contributed by atoms with E-state index >= 15 is 0 Å². The van der Waals surface area contributed by atoms with E-state index in [4.69, 9.17) is 0 Å². The van der Waals surface area contributed by atoms with Gasteiger partial charge in [0.15, 0.2) is 0 Å². The molecule has 4 heteroatoms. The molecule has 0 atom stereocenters. The summed E-state index contributed by atoms with van der Waals surface area (Å²) in [7, 11) is 0. The zero-order valence-corrected chi connectivity index (χ0v) is 10.7. The summed E-state index contributed by atoms with van der Waals surface area (Å²) in [6, 6.07) is 9.03. The summed E-state index contributed by atoms with van der Waals surface area (Å²) >= 11 is 0. The number of nitrogens with one attached hydrogen (secondary N) is 1. The minimum Gasteiger partial charge on any atom is -0.507 e. The summed E-state index contributed by atoms with van der Waals surface area (Å²) in [5.41, 5.74) is 2.09. The monoisotopic (exact) mass is 259 g/mol. The van der Waals surface area contributed by atoms with Crippen molar-refractivity contribution in [1.82, 2.24) is 0 Å². The van der Waals surface area contributed by atoms with Crippen molar-refractivity contribution in [2.75, 3.05) is 5.32 Å². The highest BCUT2D eigenvalue weighted by Crippen LogP contribution is 2.21. The largest absolute Gasteiger partial charge is 0.507 e. The molecular formula is C15H14FNO2. The number of anilines is 1. The summed E-state index contributed by atoms with van der Waals surface area (Å²) < 4.78 is 13.2. The van der Waals surface area contributed by atoms with Crippen LogP contribution in [0.25, 0.3) is 0 Å². The van der Waals surface area contributed by atoms with Crippen LogP contribution in [0.3, 0.4) is 0 Å². The average Bonchev–Trinajstić information content (AvgIpc) is 2.26. The molecule has 3 nitrogen and oxygen atoms in total. The molecule has 2 rings (SSSR count). The lowest BCUT2D eigenvalue weighted by atomic mass is 10.1. The molecule has 2 aromatic carbocycles. The Balaban J connectivity index is 2.25. The van der Waals surface area contributed by atoms with Crippen molar-refractivity contribution >= 4 is 11.6 Å². The predicted molar refractivity (Wildman–Crippen MR) is 71.9 cm³/mol. The first-order valence-corrected chi connectivity index (χ1v) is 5.84. The minimum atomic E-state index is -0.470. The lowest BCUT2D eigenvalue weighted by Crippen LogP contribution is -2.12.